The number of aromatic nitrogens is 3. The SMILES string of the molecule is Cn1c(SCc2cccc(F)c2)nnc1-c1cccc(Cl)c1. The van der Waals surface area contributed by atoms with Crippen LogP contribution in [0, 0.1) is 5.82 Å². The Morgan fingerprint density at radius 3 is 2.73 bits per heavy atom. The third-order valence-electron chi connectivity index (χ3n) is 3.17. The van der Waals surface area contributed by atoms with Crippen molar-refractivity contribution in [3.63, 3.8) is 0 Å². The van der Waals surface area contributed by atoms with E-state index in [1.807, 2.05) is 41.9 Å². The van der Waals surface area contributed by atoms with Gasteiger partial charge in [-0.05, 0) is 29.8 Å². The summed E-state index contributed by atoms with van der Waals surface area (Å²) in [5.41, 5.74) is 1.83. The van der Waals surface area contributed by atoms with Crippen LogP contribution in [-0.2, 0) is 12.8 Å². The summed E-state index contributed by atoms with van der Waals surface area (Å²) >= 11 is 7.53. The molecule has 22 heavy (non-hydrogen) atoms. The van der Waals surface area contributed by atoms with Gasteiger partial charge in [0.15, 0.2) is 11.0 Å². The molecule has 1 heterocycles. The van der Waals surface area contributed by atoms with E-state index >= 15 is 0 Å². The molecule has 0 saturated carbocycles. The van der Waals surface area contributed by atoms with E-state index in [9.17, 15) is 4.39 Å². The van der Waals surface area contributed by atoms with E-state index in [0.717, 1.165) is 22.1 Å². The van der Waals surface area contributed by atoms with Gasteiger partial charge in [0.2, 0.25) is 0 Å². The van der Waals surface area contributed by atoms with Gasteiger partial charge in [0.25, 0.3) is 0 Å². The standard InChI is InChI=1S/C16H13ClFN3S/c1-21-15(12-5-3-6-13(17)9-12)19-20-16(21)22-10-11-4-2-7-14(18)8-11/h2-9H,10H2,1H3. The number of rotatable bonds is 4. The van der Waals surface area contributed by atoms with Crippen LogP contribution in [0.2, 0.25) is 5.02 Å². The summed E-state index contributed by atoms with van der Waals surface area (Å²) in [6, 6.07) is 14.1. The van der Waals surface area contributed by atoms with E-state index in [1.165, 1.54) is 23.9 Å². The highest BCUT2D eigenvalue weighted by molar-refractivity contribution is 7.98. The number of hydrogen-bond acceptors (Lipinski definition) is 3. The van der Waals surface area contributed by atoms with Crippen LogP contribution < -0.4 is 0 Å². The minimum Gasteiger partial charge on any atom is -0.305 e. The topological polar surface area (TPSA) is 30.7 Å². The van der Waals surface area contributed by atoms with E-state index in [4.69, 9.17) is 11.6 Å². The van der Waals surface area contributed by atoms with Crippen molar-refractivity contribution < 1.29 is 4.39 Å². The van der Waals surface area contributed by atoms with Crippen LogP contribution in [0.5, 0.6) is 0 Å². The largest absolute Gasteiger partial charge is 0.305 e. The zero-order valence-corrected chi connectivity index (χ0v) is 13.4. The van der Waals surface area contributed by atoms with Crippen LogP contribution in [-0.4, -0.2) is 14.8 Å². The minimum absolute atomic E-state index is 0.226. The number of hydrogen-bond donors (Lipinski definition) is 0. The molecule has 3 rings (SSSR count). The lowest BCUT2D eigenvalue weighted by atomic mass is 10.2. The van der Waals surface area contributed by atoms with Crippen molar-refractivity contribution in [2.75, 3.05) is 0 Å². The first kappa shape index (κ1) is 15.1. The van der Waals surface area contributed by atoms with Crippen molar-refractivity contribution in [2.45, 2.75) is 10.9 Å². The molecule has 0 saturated heterocycles. The van der Waals surface area contributed by atoms with E-state index in [1.54, 1.807) is 6.07 Å². The van der Waals surface area contributed by atoms with Crippen LogP contribution in [0.1, 0.15) is 5.56 Å². The average molecular weight is 334 g/mol. The number of halogens is 2. The Morgan fingerprint density at radius 2 is 1.95 bits per heavy atom. The van der Waals surface area contributed by atoms with Gasteiger partial charge in [-0.1, -0.05) is 47.6 Å². The number of thioether (sulfide) groups is 1. The third-order valence-corrected chi connectivity index (χ3v) is 4.50. The predicted octanol–water partition coefficient (Wildman–Crippen LogP) is 4.57. The molecule has 0 aliphatic rings. The van der Waals surface area contributed by atoms with Gasteiger partial charge in [0.05, 0.1) is 0 Å². The van der Waals surface area contributed by atoms with Gasteiger partial charge in [-0.25, -0.2) is 4.39 Å². The zero-order valence-electron chi connectivity index (χ0n) is 11.8. The van der Waals surface area contributed by atoms with Gasteiger partial charge in [-0.2, -0.15) is 0 Å². The smallest absolute Gasteiger partial charge is 0.191 e. The normalized spacial score (nSPS) is 10.9. The summed E-state index contributed by atoms with van der Waals surface area (Å²) in [5, 5.41) is 9.85. The van der Waals surface area contributed by atoms with Gasteiger partial charge in [-0.3, -0.25) is 0 Å². The molecule has 6 heteroatoms. The summed E-state index contributed by atoms with van der Waals surface area (Å²) in [6.07, 6.45) is 0. The van der Waals surface area contributed by atoms with Crippen LogP contribution in [0.3, 0.4) is 0 Å². The quantitative estimate of drug-likeness (QED) is 0.655. The third kappa shape index (κ3) is 3.31. The maximum atomic E-state index is 13.2. The maximum Gasteiger partial charge on any atom is 0.191 e. The maximum absolute atomic E-state index is 13.2. The molecule has 3 aromatic rings. The molecule has 0 amide bonds. The second-order valence-electron chi connectivity index (χ2n) is 4.79. The molecular weight excluding hydrogens is 321 g/mol. The first-order valence-electron chi connectivity index (χ1n) is 6.66. The van der Waals surface area contributed by atoms with Crippen LogP contribution >= 0.6 is 23.4 Å². The zero-order chi connectivity index (χ0) is 15.5. The second kappa shape index (κ2) is 6.50. The highest BCUT2D eigenvalue weighted by Gasteiger charge is 2.11. The fourth-order valence-corrected chi connectivity index (χ4v) is 3.14. The Kier molecular flexibility index (Phi) is 4.45. The summed E-state index contributed by atoms with van der Waals surface area (Å²) in [4.78, 5) is 0. The van der Waals surface area contributed by atoms with Crippen molar-refractivity contribution in [3.05, 3.63) is 64.9 Å². The van der Waals surface area contributed by atoms with Crippen molar-refractivity contribution in [3.8, 4) is 11.4 Å². The summed E-state index contributed by atoms with van der Waals surface area (Å²) in [6.45, 7) is 0. The summed E-state index contributed by atoms with van der Waals surface area (Å²) < 4.78 is 15.1. The van der Waals surface area contributed by atoms with Gasteiger partial charge >= 0.3 is 0 Å². The molecule has 0 fully saturated rings. The highest BCUT2D eigenvalue weighted by Crippen LogP contribution is 2.26. The molecule has 0 aliphatic carbocycles. The van der Waals surface area contributed by atoms with Crippen LogP contribution in [0.15, 0.2) is 53.7 Å². The fraction of sp³-hybridized carbons (Fsp3) is 0.125. The lowest BCUT2D eigenvalue weighted by Crippen LogP contribution is -1.95. The first-order valence-corrected chi connectivity index (χ1v) is 8.02. The first-order chi connectivity index (χ1) is 10.6. The number of nitrogens with zero attached hydrogens (tertiary/aromatic N) is 3. The van der Waals surface area contributed by atoms with Crippen molar-refractivity contribution in [1.82, 2.24) is 14.8 Å². The molecule has 0 N–H and O–H groups in total. The lowest BCUT2D eigenvalue weighted by Gasteiger charge is -2.04. The summed E-state index contributed by atoms with van der Waals surface area (Å²) in [5.74, 6) is 1.17. The molecule has 0 spiro atoms. The monoisotopic (exact) mass is 333 g/mol. The molecule has 112 valence electrons. The number of benzene rings is 2. The molecule has 0 bridgehead atoms. The lowest BCUT2D eigenvalue weighted by molar-refractivity contribution is 0.626. The Hall–Kier alpha value is -1.85. The van der Waals surface area contributed by atoms with E-state index in [2.05, 4.69) is 10.2 Å². The Bertz CT molecular complexity index is 804. The Morgan fingerprint density at radius 1 is 1.14 bits per heavy atom. The molecule has 0 radical (unpaired) electrons. The fourth-order valence-electron chi connectivity index (χ4n) is 2.09. The molecule has 1 aromatic heterocycles. The molecule has 2 aromatic carbocycles. The summed E-state index contributed by atoms with van der Waals surface area (Å²) in [7, 11) is 1.91. The molecular formula is C16H13ClFN3S. The van der Waals surface area contributed by atoms with Crippen LogP contribution in [0.25, 0.3) is 11.4 Å². The van der Waals surface area contributed by atoms with E-state index in [-0.39, 0.29) is 5.82 Å². The average Bonchev–Trinajstić information content (AvgIpc) is 2.86. The molecule has 0 unspecified atom stereocenters. The Balaban J connectivity index is 1.79. The van der Waals surface area contributed by atoms with Crippen molar-refractivity contribution in [1.29, 1.82) is 0 Å². The minimum atomic E-state index is -0.226. The Labute approximate surface area is 137 Å². The van der Waals surface area contributed by atoms with Crippen LogP contribution in [0.4, 0.5) is 4.39 Å². The van der Waals surface area contributed by atoms with Crippen molar-refractivity contribution in [2.24, 2.45) is 7.05 Å². The second-order valence-corrected chi connectivity index (χ2v) is 6.17. The predicted molar refractivity (Wildman–Crippen MR) is 87.4 cm³/mol. The van der Waals surface area contributed by atoms with Gasteiger partial charge in [-0.15, -0.1) is 10.2 Å². The van der Waals surface area contributed by atoms with Gasteiger partial charge in [0, 0.05) is 23.4 Å². The molecule has 3 nitrogen and oxygen atoms in total. The molecule has 0 atom stereocenters. The van der Waals surface area contributed by atoms with E-state index < -0.39 is 0 Å². The van der Waals surface area contributed by atoms with Gasteiger partial charge < -0.3 is 4.57 Å². The molecule has 0 aliphatic heterocycles. The van der Waals surface area contributed by atoms with Gasteiger partial charge in [0.1, 0.15) is 5.82 Å². The highest BCUT2D eigenvalue weighted by atomic mass is 35.5. The van der Waals surface area contributed by atoms with Crippen molar-refractivity contribution >= 4 is 23.4 Å². The van der Waals surface area contributed by atoms with E-state index in [0.29, 0.717) is 10.8 Å².